The van der Waals surface area contributed by atoms with E-state index in [1.54, 1.807) is 0 Å². The van der Waals surface area contributed by atoms with Crippen LogP contribution in [0.3, 0.4) is 0 Å². The molecule has 2 aliphatic heterocycles. The molecule has 2 aliphatic rings. The molecule has 0 unspecified atom stereocenters. The Labute approximate surface area is 141 Å². The highest BCUT2D eigenvalue weighted by Gasteiger charge is 2.71. The van der Waals surface area contributed by atoms with Crippen LogP contribution < -0.4 is 0 Å². The van der Waals surface area contributed by atoms with Gasteiger partial charge in [-0.3, -0.25) is 9.13 Å². The van der Waals surface area contributed by atoms with Crippen molar-refractivity contribution in [3.8, 4) is 0 Å². The summed E-state index contributed by atoms with van der Waals surface area (Å²) in [6, 6.07) is 0.416. The highest BCUT2D eigenvalue weighted by Crippen LogP contribution is 2.44. The van der Waals surface area contributed by atoms with Gasteiger partial charge in [-0.2, -0.15) is 0 Å². The Bertz CT molecular complexity index is 354. The summed E-state index contributed by atoms with van der Waals surface area (Å²) < 4.78 is 21.6. The number of rotatable bonds is 2. The minimum atomic E-state index is -3.44. The Balaban J connectivity index is 2.44. The lowest BCUT2D eigenvalue weighted by Gasteiger charge is -2.49. The molecule has 0 aromatic rings. The molecule has 2 heterocycles. The largest absolute Gasteiger partial charge is 0.537 e. The lowest BCUT2D eigenvalue weighted by atomic mass is 10.3. The van der Waals surface area contributed by atoms with Gasteiger partial charge in [-0.1, -0.05) is 72.0 Å². The van der Waals surface area contributed by atoms with Gasteiger partial charge in [0.25, 0.3) is 0 Å². The predicted octanol–water partition coefficient (Wildman–Crippen LogP) is 2.75. The van der Waals surface area contributed by atoms with Crippen LogP contribution in [0, 0.1) is 0 Å². The number of nitrogens with zero attached hydrogens (tertiary/aromatic N) is 2. The van der Waals surface area contributed by atoms with Gasteiger partial charge >= 0.3 is 23.2 Å². The van der Waals surface area contributed by atoms with Crippen LogP contribution >= 0.6 is 44.3 Å². The third-order valence-corrected chi connectivity index (χ3v) is 17.7. The van der Waals surface area contributed by atoms with E-state index in [2.05, 4.69) is 36.8 Å². The number of hydrogen-bond donors (Lipinski definition) is 0. The van der Waals surface area contributed by atoms with Crippen molar-refractivity contribution in [2.45, 2.75) is 39.8 Å². The predicted molar refractivity (Wildman–Crippen MR) is 87.6 cm³/mol. The van der Waals surface area contributed by atoms with Gasteiger partial charge in [0.05, 0.1) is 0 Å². The van der Waals surface area contributed by atoms with E-state index in [9.17, 15) is 0 Å². The third kappa shape index (κ3) is 3.41. The first-order chi connectivity index (χ1) is 8.99. The highest BCUT2D eigenvalue weighted by atomic mass is 35.7. The molecule has 12 heteroatoms. The summed E-state index contributed by atoms with van der Waals surface area (Å²) in [6.07, 6.45) is 0. The van der Waals surface area contributed by atoms with Crippen LogP contribution in [0.5, 0.6) is 0 Å². The van der Waals surface area contributed by atoms with Gasteiger partial charge < -0.3 is 12.3 Å². The van der Waals surface area contributed by atoms with Gasteiger partial charge in [0.2, 0.25) is 0 Å². The van der Waals surface area contributed by atoms with Crippen LogP contribution in [0.1, 0.15) is 27.7 Å². The maximum atomic E-state index is 6.19. The van der Waals surface area contributed by atoms with Crippen molar-refractivity contribution in [2.75, 3.05) is 13.1 Å². The maximum absolute atomic E-state index is 6.19. The van der Waals surface area contributed by atoms with Crippen LogP contribution in [0.25, 0.3) is 0 Å². The van der Waals surface area contributed by atoms with Gasteiger partial charge in [-0.15, -0.1) is 0 Å². The van der Waals surface area contributed by atoms with E-state index in [4.69, 9.17) is 56.7 Å². The molecular formula is C8H18Cl4N2O3Si3. The van der Waals surface area contributed by atoms with Crippen molar-refractivity contribution in [3.63, 3.8) is 0 Å². The topological polar surface area (TPSA) is 34.2 Å². The molecule has 0 bridgehead atoms. The minimum absolute atomic E-state index is 0.208. The Kier molecular flexibility index (Phi) is 5.31. The van der Waals surface area contributed by atoms with Crippen LogP contribution in [0.4, 0.5) is 0 Å². The monoisotopic (exact) mass is 414 g/mol. The molecule has 0 radical (unpaired) electrons. The molecule has 0 N–H and O–H groups in total. The molecule has 1 spiro atoms. The van der Waals surface area contributed by atoms with E-state index in [-0.39, 0.29) is 12.1 Å². The maximum Gasteiger partial charge on any atom is 0.537 e. The quantitative estimate of drug-likeness (QED) is 0.511. The van der Waals surface area contributed by atoms with E-state index in [0.717, 1.165) is 13.1 Å². The fourth-order valence-electron chi connectivity index (χ4n) is 2.58. The first kappa shape index (κ1) is 18.0. The summed E-state index contributed by atoms with van der Waals surface area (Å²) in [7, 11) is -9.92. The molecule has 2 rings (SSSR count). The number of halogens is 4. The Hall–Kier alpha value is 1.61. The molecule has 2 saturated heterocycles. The smallest absolute Gasteiger partial charge is 0.368 e. The molecule has 0 aromatic heterocycles. The first-order valence-electron chi connectivity index (χ1n) is 6.39. The highest BCUT2D eigenvalue weighted by molar-refractivity contribution is 7.50. The fraction of sp³-hybridized carbons (Fsp3) is 1.00. The van der Waals surface area contributed by atoms with Gasteiger partial charge in [-0.05, 0) is 0 Å². The zero-order chi connectivity index (χ0) is 15.3. The Morgan fingerprint density at radius 2 is 1.10 bits per heavy atom. The van der Waals surface area contributed by atoms with Crippen LogP contribution in [0.15, 0.2) is 0 Å². The van der Waals surface area contributed by atoms with Crippen molar-refractivity contribution in [1.29, 1.82) is 0 Å². The average Bonchev–Trinajstić information content (AvgIpc) is 2.50. The fourth-order valence-corrected chi connectivity index (χ4v) is 21.0. The molecule has 2 fully saturated rings. The SMILES string of the molecule is CC(C)N1CCN(C(C)C)[Si]12O[Si](Cl)(Cl)O[Si](Cl)(Cl)O2. The average molecular weight is 416 g/mol. The molecule has 0 atom stereocenters. The van der Waals surface area contributed by atoms with Gasteiger partial charge in [0.1, 0.15) is 0 Å². The minimum Gasteiger partial charge on any atom is -0.368 e. The van der Waals surface area contributed by atoms with E-state index < -0.39 is 23.2 Å². The van der Waals surface area contributed by atoms with Crippen molar-refractivity contribution >= 4 is 67.6 Å². The molecule has 0 amide bonds. The second-order valence-electron chi connectivity index (χ2n) is 5.36. The van der Waals surface area contributed by atoms with Crippen molar-refractivity contribution in [1.82, 2.24) is 9.13 Å². The zero-order valence-electron chi connectivity index (χ0n) is 11.7. The van der Waals surface area contributed by atoms with Gasteiger partial charge in [0, 0.05) is 25.2 Å². The first-order valence-corrected chi connectivity index (χ1v) is 15.8. The van der Waals surface area contributed by atoms with Crippen molar-refractivity contribution in [3.05, 3.63) is 0 Å². The summed E-state index contributed by atoms with van der Waals surface area (Å²) in [4.78, 5) is 0. The summed E-state index contributed by atoms with van der Waals surface area (Å²) in [5, 5.41) is 0. The van der Waals surface area contributed by atoms with E-state index >= 15 is 0 Å². The van der Waals surface area contributed by atoms with Gasteiger partial charge in [0.15, 0.2) is 0 Å². The third-order valence-electron chi connectivity index (χ3n) is 3.30. The van der Waals surface area contributed by atoms with Crippen LogP contribution in [-0.4, -0.2) is 57.5 Å². The molecular weight excluding hydrogens is 398 g/mol. The summed E-state index contributed by atoms with van der Waals surface area (Å²) in [5.41, 5.74) is 0. The molecule has 0 aromatic carbocycles. The Morgan fingerprint density at radius 1 is 0.750 bits per heavy atom. The van der Waals surface area contributed by atoms with Crippen LogP contribution in [-0.2, 0) is 12.3 Å². The second-order valence-corrected chi connectivity index (χ2v) is 19.0. The summed E-state index contributed by atoms with van der Waals surface area (Å²) in [5.74, 6) is 0. The van der Waals surface area contributed by atoms with Gasteiger partial charge in [-0.25, -0.2) is 0 Å². The lowest BCUT2D eigenvalue weighted by molar-refractivity contribution is 0.148. The van der Waals surface area contributed by atoms with E-state index in [1.165, 1.54) is 0 Å². The molecule has 0 saturated carbocycles. The molecule has 20 heavy (non-hydrogen) atoms. The molecule has 5 nitrogen and oxygen atoms in total. The number of hydrogen-bond acceptors (Lipinski definition) is 5. The van der Waals surface area contributed by atoms with Crippen molar-refractivity contribution in [2.24, 2.45) is 0 Å². The van der Waals surface area contributed by atoms with Crippen LogP contribution in [0.2, 0.25) is 0 Å². The summed E-state index contributed by atoms with van der Waals surface area (Å²) >= 11 is 24.8. The second kappa shape index (κ2) is 5.91. The van der Waals surface area contributed by atoms with Crippen molar-refractivity contribution < 1.29 is 12.3 Å². The summed E-state index contributed by atoms with van der Waals surface area (Å²) in [6.45, 7) is 9.88. The van der Waals surface area contributed by atoms with E-state index in [0.29, 0.717) is 0 Å². The standard InChI is InChI=1S/C8H18Cl4N2O3Si3/c1-7(2)13-5-6-14(8(3)4)20(13)16-18(9,10)15-19(11,12)17-20/h7-8H,5-6H2,1-4H3. The zero-order valence-corrected chi connectivity index (χ0v) is 17.7. The Morgan fingerprint density at radius 3 is 1.40 bits per heavy atom. The molecule has 118 valence electrons. The molecule has 0 aliphatic carbocycles. The normalized spacial score (nSPS) is 29.7. The van der Waals surface area contributed by atoms with E-state index in [1.807, 2.05) is 0 Å². The lowest BCUT2D eigenvalue weighted by Crippen LogP contribution is -2.76.